The highest BCUT2D eigenvalue weighted by Gasteiger charge is 2.16. The molecule has 0 unspecified atom stereocenters. The van der Waals surface area contributed by atoms with Crippen molar-refractivity contribution in [3.8, 4) is 0 Å². The molecule has 3 heteroatoms. The van der Waals surface area contributed by atoms with E-state index in [0.29, 0.717) is 0 Å². The summed E-state index contributed by atoms with van der Waals surface area (Å²) in [5.74, 6) is 0. The van der Waals surface area contributed by atoms with Gasteiger partial charge >= 0.3 is 0 Å². The van der Waals surface area contributed by atoms with Crippen molar-refractivity contribution in [2.75, 3.05) is 40.9 Å². The van der Waals surface area contributed by atoms with Crippen LogP contribution in [0.4, 0.5) is 0 Å². The van der Waals surface area contributed by atoms with Gasteiger partial charge in [-0.05, 0) is 34.4 Å². The van der Waals surface area contributed by atoms with Crippen molar-refractivity contribution in [3.63, 3.8) is 0 Å². The first-order valence-corrected chi connectivity index (χ1v) is 4.88. The van der Waals surface area contributed by atoms with Gasteiger partial charge in [-0.1, -0.05) is 0 Å². The molecular formula is C10H24N2O. The topological polar surface area (TPSA) is 24.5 Å². The molecule has 0 aliphatic rings. The molecule has 0 heterocycles. The molecular weight excluding hydrogens is 164 g/mol. The highest BCUT2D eigenvalue weighted by molar-refractivity contribution is 4.78. The van der Waals surface area contributed by atoms with E-state index in [9.17, 15) is 0 Å². The maximum Gasteiger partial charge on any atom is 0.0474 e. The summed E-state index contributed by atoms with van der Waals surface area (Å²) in [5.41, 5.74) is 0.196. The van der Waals surface area contributed by atoms with Gasteiger partial charge in [-0.2, -0.15) is 0 Å². The van der Waals surface area contributed by atoms with E-state index in [-0.39, 0.29) is 5.54 Å². The van der Waals surface area contributed by atoms with Crippen LogP contribution in [0.3, 0.4) is 0 Å². The van der Waals surface area contributed by atoms with Gasteiger partial charge < -0.3 is 15.0 Å². The van der Waals surface area contributed by atoms with E-state index < -0.39 is 0 Å². The van der Waals surface area contributed by atoms with Crippen molar-refractivity contribution >= 4 is 0 Å². The van der Waals surface area contributed by atoms with Crippen LogP contribution in [0.25, 0.3) is 0 Å². The summed E-state index contributed by atoms with van der Waals surface area (Å²) in [6.45, 7) is 7.43. The van der Waals surface area contributed by atoms with E-state index in [1.54, 1.807) is 7.11 Å². The summed E-state index contributed by atoms with van der Waals surface area (Å²) < 4.78 is 5.01. The van der Waals surface area contributed by atoms with Gasteiger partial charge in [0.25, 0.3) is 0 Å². The molecule has 3 nitrogen and oxygen atoms in total. The number of rotatable bonds is 7. The molecule has 0 fully saturated rings. The van der Waals surface area contributed by atoms with Crippen LogP contribution in [0, 0.1) is 0 Å². The van der Waals surface area contributed by atoms with Crippen LogP contribution in [0.15, 0.2) is 0 Å². The SMILES string of the molecule is CNC(C)(C)CN(C)CCCOC. The summed E-state index contributed by atoms with van der Waals surface area (Å²) in [5, 5.41) is 3.29. The summed E-state index contributed by atoms with van der Waals surface area (Å²) in [6.07, 6.45) is 1.10. The number of nitrogens with one attached hydrogen (secondary N) is 1. The molecule has 0 aliphatic carbocycles. The van der Waals surface area contributed by atoms with Crippen molar-refractivity contribution in [2.24, 2.45) is 0 Å². The zero-order chi connectivity index (χ0) is 10.3. The molecule has 0 aliphatic heterocycles. The second-order valence-corrected chi connectivity index (χ2v) is 4.22. The van der Waals surface area contributed by atoms with Crippen LogP contribution < -0.4 is 5.32 Å². The normalized spacial score (nSPS) is 12.5. The molecule has 0 aromatic carbocycles. The summed E-state index contributed by atoms with van der Waals surface area (Å²) >= 11 is 0. The molecule has 0 atom stereocenters. The van der Waals surface area contributed by atoms with Gasteiger partial charge in [0.15, 0.2) is 0 Å². The van der Waals surface area contributed by atoms with E-state index in [2.05, 4.69) is 31.1 Å². The maximum absolute atomic E-state index is 5.01. The zero-order valence-electron chi connectivity index (χ0n) is 9.68. The first kappa shape index (κ1) is 12.9. The van der Waals surface area contributed by atoms with E-state index >= 15 is 0 Å². The van der Waals surface area contributed by atoms with Gasteiger partial charge in [-0.15, -0.1) is 0 Å². The van der Waals surface area contributed by atoms with Crippen molar-refractivity contribution < 1.29 is 4.74 Å². The lowest BCUT2D eigenvalue weighted by Crippen LogP contribution is -2.46. The van der Waals surface area contributed by atoms with E-state index in [0.717, 1.165) is 26.1 Å². The lowest BCUT2D eigenvalue weighted by molar-refractivity contribution is 0.170. The average Bonchev–Trinajstić information content (AvgIpc) is 2.04. The quantitative estimate of drug-likeness (QED) is 0.602. The Morgan fingerprint density at radius 1 is 1.38 bits per heavy atom. The van der Waals surface area contributed by atoms with Crippen molar-refractivity contribution in [1.29, 1.82) is 0 Å². The minimum Gasteiger partial charge on any atom is -0.385 e. The Morgan fingerprint density at radius 2 is 2.00 bits per heavy atom. The van der Waals surface area contributed by atoms with Gasteiger partial charge in [0.2, 0.25) is 0 Å². The average molecular weight is 188 g/mol. The molecule has 0 aromatic heterocycles. The van der Waals surface area contributed by atoms with Gasteiger partial charge in [-0.3, -0.25) is 0 Å². The van der Waals surface area contributed by atoms with Crippen LogP contribution >= 0.6 is 0 Å². The molecule has 0 saturated heterocycles. The monoisotopic (exact) mass is 188 g/mol. The number of hydrogen-bond acceptors (Lipinski definition) is 3. The molecule has 0 rings (SSSR count). The largest absolute Gasteiger partial charge is 0.385 e. The third-order valence-corrected chi connectivity index (χ3v) is 2.23. The van der Waals surface area contributed by atoms with Crippen molar-refractivity contribution in [1.82, 2.24) is 10.2 Å². The number of nitrogens with zero attached hydrogens (tertiary/aromatic N) is 1. The van der Waals surface area contributed by atoms with Gasteiger partial charge in [0.1, 0.15) is 0 Å². The molecule has 0 bridgehead atoms. The van der Waals surface area contributed by atoms with E-state index in [4.69, 9.17) is 4.74 Å². The third kappa shape index (κ3) is 6.99. The fraction of sp³-hybridized carbons (Fsp3) is 1.00. The molecule has 0 saturated carbocycles. The van der Waals surface area contributed by atoms with Gasteiger partial charge in [0.05, 0.1) is 0 Å². The number of likely N-dealkylation sites (N-methyl/N-ethyl adjacent to an activating group) is 2. The smallest absolute Gasteiger partial charge is 0.0474 e. The fourth-order valence-corrected chi connectivity index (χ4v) is 1.31. The number of hydrogen-bond donors (Lipinski definition) is 1. The van der Waals surface area contributed by atoms with Crippen LogP contribution in [0.1, 0.15) is 20.3 Å². The first-order chi connectivity index (χ1) is 6.02. The molecule has 1 N–H and O–H groups in total. The van der Waals surface area contributed by atoms with Crippen LogP contribution in [-0.4, -0.2) is 51.3 Å². The molecule has 0 amide bonds. The fourth-order valence-electron chi connectivity index (χ4n) is 1.31. The maximum atomic E-state index is 5.01. The lowest BCUT2D eigenvalue weighted by atomic mass is 10.1. The van der Waals surface area contributed by atoms with E-state index in [1.165, 1.54) is 0 Å². The van der Waals surface area contributed by atoms with E-state index in [1.807, 2.05) is 7.05 Å². The number of ether oxygens (including phenoxy) is 1. The Bertz CT molecular complexity index is 126. The number of methoxy groups -OCH3 is 1. The molecule has 80 valence electrons. The third-order valence-electron chi connectivity index (χ3n) is 2.23. The minimum atomic E-state index is 0.196. The van der Waals surface area contributed by atoms with Gasteiger partial charge in [0, 0.05) is 32.3 Å². The summed E-state index contributed by atoms with van der Waals surface area (Å²) in [6, 6.07) is 0. The Hall–Kier alpha value is -0.120. The summed E-state index contributed by atoms with van der Waals surface area (Å²) in [4.78, 5) is 2.33. The highest BCUT2D eigenvalue weighted by Crippen LogP contribution is 2.03. The van der Waals surface area contributed by atoms with Crippen LogP contribution in [-0.2, 0) is 4.74 Å². The Kier molecular flexibility index (Phi) is 6.29. The van der Waals surface area contributed by atoms with Crippen molar-refractivity contribution in [3.05, 3.63) is 0 Å². The second kappa shape index (κ2) is 6.35. The highest BCUT2D eigenvalue weighted by atomic mass is 16.5. The van der Waals surface area contributed by atoms with Gasteiger partial charge in [-0.25, -0.2) is 0 Å². The minimum absolute atomic E-state index is 0.196. The Morgan fingerprint density at radius 3 is 2.46 bits per heavy atom. The molecule has 0 spiro atoms. The van der Waals surface area contributed by atoms with Crippen LogP contribution in [0.2, 0.25) is 0 Å². The zero-order valence-corrected chi connectivity index (χ0v) is 9.68. The standard InChI is InChI=1S/C10H24N2O/c1-10(2,11-3)9-12(4)7-6-8-13-5/h11H,6-9H2,1-5H3. The Balaban J connectivity index is 3.55. The second-order valence-electron chi connectivity index (χ2n) is 4.22. The predicted octanol–water partition coefficient (Wildman–Crippen LogP) is 0.953. The lowest BCUT2D eigenvalue weighted by Gasteiger charge is -2.29. The van der Waals surface area contributed by atoms with Crippen molar-refractivity contribution in [2.45, 2.75) is 25.8 Å². The predicted molar refractivity (Wildman–Crippen MR) is 57.1 cm³/mol. The Labute approximate surface area is 82.4 Å². The molecule has 13 heavy (non-hydrogen) atoms. The molecule has 0 radical (unpaired) electrons. The van der Waals surface area contributed by atoms with Crippen LogP contribution in [0.5, 0.6) is 0 Å². The summed E-state index contributed by atoms with van der Waals surface area (Å²) in [7, 11) is 5.90. The first-order valence-electron chi connectivity index (χ1n) is 4.88. The molecule has 0 aromatic rings.